The van der Waals surface area contributed by atoms with E-state index in [1.807, 2.05) is 49.4 Å². The Balaban J connectivity index is 1.38. The van der Waals surface area contributed by atoms with E-state index in [1.165, 1.54) is 17.8 Å². The molecule has 202 valence electrons. The van der Waals surface area contributed by atoms with Gasteiger partial charge >= 0.3 is 5.97 Å². The van der Waals surface area contributed by atoms with E-state index < -0.39 is 5.97 Å². The summed E-state index contributed by atoms with van der Waals surface area (Å²) in [6.45, 7) is 6.81. The zero-order valence-corrected chi connectivity index (χ0v) is 23.0. The van der Waals surface area contributed by atoms with E-state index in [0.29, 0.717) is 22.2 Å². The van der Waals surface area contributed by atoms with Crippen LogP contribution in [0.15, 0.2) is 96.7 Å². The molecule has 0 aromatic heterocycles. The van der Waals surface area contributed by atoms with Gasteiger partial charge in [0.15, 0.2) is 0 Å². The normalized spacial score (nSPS) is 16.9. The van der Waals surface area contributed by atoms with Gasteiger partial charge in [-0.05, 0) is 60.9 Å². The number of rotatable bonds is 7. The standard InChI is InChI=1S/C34H31FN2O3/c1-21-23(3)37(4,20-24-9-11-26(12-10-24)29-7-5-6-8-30(29)34(39)40)32-18-15-27(19-31(21)32)33(38)36-22(2)25-13-16-28(35)17-14-25/h5-19,22H,20H2,1-4H3,(H-,36,38,39,40)/p+1. The summed E-state index contributed by atoms with van der Waals surface area (Å²) in [4.78, 5) is 24.8. The highest BCUT2D eigenvalue weighted by Crippen LogP contribution is 2.45. The van der Waals surface area contributed by atoms with Crippen molar-refractivity contribution in [1.82, 2.24) is 9.80 Å². The molecule has 1 heterocycles. The van der Waals surface area contributed by atoms with E-state index in [9.17, 15) is 19.1 Å². The van der Waals surface area contributed by atoms with E-state index in [0.717, 1.165) is 33.5 Å². The molecular formula is C34H32FN2O3+. The van der Waals surface area contributed by atoms with Gasteiger partial charge in [-0.2, -0.15) is 0 Å². The van der Waals surface area contributed by atoms with Crippen molar-refractivity contribution in [2.75, 3.05) is 7.05 Å². The largest absolute Gasteiger partial charge is 0.478 e. The predicted octanol–water partition coefficient (Wildman–Crippen LogP) is 7.58. The molecule has 2 atom stereocenters. The number of nitrogens with zero attached hydrogens (tertiary/aromatic N) is 1. The van der Waals surface area contributed by atoms with Crippen molar-refractivity contribution in [3.63, 3.8) is 0 Å². The number of aromatic carboxylic acids is 1. The van der Waals surface area contributed by atoms with Gasteiger partial charge in [-0.3, -0.25) is 9.28 Å². The van der Waals surface area contributed by atoms with Crippen LogP contribution in [0, 0.1) is 5.82 Å². The fourth-order valence-electron chi connectivity index (χ4n) is 5.55. The molecule has 0 radical (unpaired) electrons. The van der Waals surface area contributed by atoms with Gasteiger partial charge in [0.2, 0.25) is 0 Å². The van der Waals surface area contributed by atoms with Gasteiger partial charge in [0.1, 0.15) is 23.7 Å². The Morgan fingerprint density at radius 2 is 1.57 bits per heavy atom. The molecule has 40 heavy (non-hydrogen) atoms. The van der Waals surface area contributed by atoms with Crippen molar-refractivity contribution >= 4 is 23.1 Å². The van der Waals surface area contributed by atoms with Crippen LogP contribution in [0.4, 0.5) is 10.1 Å². The average molecular weight is 536 g/mol. The molecule has 0 saturated carbocycles. The van der Waals surface area contributed by atoms with Crippen molar-refractivity contribution in [3.8, 4) is 11.1 Å². The molecule has 0 bridgehead atoms. The van der Waals surface area contributed by atoms with Gasteiger partial charge in [0.05, 0.1) is 18.7 Å². The zero-order chi connectivity index (χ0) is 28.6. The second-order valence-electron chi connectivity index (χ2n) is 10.6. The summed E-state index contributed by atoms with van der Waals surface area (Å²) >= 11 is 0. The summed E-state index contributed by atoms with van der Waals surface area (Å²) in [5.41, 5.74) is 8.89. The maximum Gasteiger partial charge on any atom is 0.336 e. The van der Waals surface area contributed by atoms with Crippen molar-refractivity contribution in [2.24, 2.45) is 0 Å². The van der Waals surface area contributed by atoms with Crippen LogP contribution in [-0.4, -0.2) is 24.0 Å². The first-order valence-electron chi connectivity index (χ1n) is 13.2. The summed E-state index contributed by atoms with van der Waals surface area (Å²) in [7, 11) is 2.18. The molecule has 1 aliphatic rings. The molecule has 0 spiro atoms. The first-order chi connectivity index (χ1) is 19.1. The number of amides is 1. The monoisotopic (exact) mass is 535 g/mol. The van der Waals surface area contributed by atoms with Crippen molar-refractivity contribution in [2.45, 2.75) is 33.4 Å². The molecule has 2 unspecified atom stereocenters. The molecule has 1 aliphatic heterocycles. The van der Waals surface area contributed by atoms with Crippen molar-refractivity contribution < 1.29 is 19.1 Å². The van der Waals surface area contributed by atoms with E-state index in [4.69, 9.17) is 0 Å². The topological polar surface area (TPSA) is 66.4 Å². The van der Waals surface area contributed by atoms with Gasteiger partial charge in [-0.15, -0.1) is 0 Å². The molecule has 4 aromatic rings. The molecule has 0 fully saturated rings. The molecule has 0 aliphatic carbocycles. The molecule has 5 nitrogen and oxygen atoms in total. The van der Waals surface area contributed by atoms with Crippen LogP contribution in [0.2, 0.25) is 0 Å². The average Bonchev–Trinajstić information content (AvgIpc) is 3.14. The van der Waals surface area contributed by atoms with Crippen LogP contribution in [0.25, 0.3) is 16.7 Å². The highest BCUT2D eigenvalue weighted by Gasteiger charge is 2.39. The van der Waals surface area contributed by atoms with Crippen molar-refractivity contribution in [3.05, 3.63) is 130 Å². The number of allylic oxidation sites excluding steroid dienone is 2. The first-order valence-corrected chi connectivity index (χ1v) is 13.2. The molecule has 5 rings (SSSR count). The number of halogens is 1. The Labute approximate surface area is 233 Å². The van der Waals surface area contributed by atoms with Gasteiger partial charge in [0, 0.05) is 35.3 Å². The van der Waals surface area contributed by atoms with Gasteiger partial charge in [-0.25, -0.2) is 9.18 Å². The second-order valence-corrected chi connectivity index (χ2v) is 10.6. The number of hydrogen-bond donors (Lipinski definition) is 2. The van der Waals surface area contributed by atoms with Crippen LogP contribution in [0.3, 0.4) is 0 Å². The minimum atomic E-state index is -0.944. The quantitative estimate of drug-likeness (QED) is 0.240. The summed E-state index contributed by atoms with van der Waals surface area (Å²) in [6.07, 6.45) is 0. The Morgan fingerprint density at radius 1 is 0.900 bits per heavy atom. The van der Waals surface area contributed by atoms with Crippen LogP contribution in [-0.2, 0) is 6.54 Å². The SMILES string of the molecule is CC1=C(C)[N+](C)(Cc2ccc(-c3ccccc3C(=O)O)cc2)c2ccc(C(=O)NC(C)c3ccc(F)cc3)cc21. The number of carbonyl (C=O) groups is 2. The van der Waals surface area contributed by atoms with E-state index >= 15 is 0 Å². The van der Waals surface area contributed by atoms with E-state index in [2.05, 4.69) is 38.3 Å². The van der Waals surface area contributed by atoms with E-state index in [1.54, 1.807) is 24.3 Å². The molecular weight excluding hydrogens is 503 g/mol. The number of benzene rings is 4. The van der Waals surface area contributed by atoms with E-state index in [-0.39, 0.29) is 23.3 Å². The summed E-state index contributed by atoms with van der Waals surface area (Å²) < 4.78 is 13.9. The molecule has 0 saturated heterocycles. The van der Waals surface area contributed by atoms with Crippen molar-refractivity contribution in [1.29, 1.82) is 0 Å². The molecule has 6 heteroatoms. The molecule has 1 amide bonds. The highest BCUT2D eigenvalue weighted by atomic mass is 19.1. The lowest BCUT2D eigenvalue weighted by molar-refractivity contribution is 0.0697. The van der Waals surface area contributed by atoms with Crippen LogP contribution in [0.5, 0.6) is 0 Å². The number of carbonyl (C=O) groups excluding carboxylic acids is 1. The minimum Gasteiger partial charge on any atom is -0.478 e. The third kappa shape index (κ3) is 4.94. The Bertz CT molecular complexity index is 1640. The summed E-state index contributed by atoms with van der Waals surface area (Å²) in [6, 6.07) is 26.8. The fraction of sp³-hybridized carbons (Fsp3) is 0.176. The lowest BCUT2D eigenvalue weighted by Gasteiger charge is -2.31. The number of carboxylic acid groups (broad SMARTS) is 1. The Morgan fingerprint density at radius 3 is 2.25 bits per heavy atom. The number of hydrogen-bond acceptors (Lipinski definition) is 2. The molecule has 4 aromatic carbocycles. The van der Waals surface area contributed by atoms with Gasteiger partial charge in [-0.1, -0.05) is 54.6 Å². The maximum absolute atomic E-state index is 13.3. The second kappa shape index (κ2) is 10.5. The lowest BCUT2D eigenvalue weighted by atomic mass is 9.98. The maximum atomic E-state index is 13.3. The number of fused-ring (bicyclic) bond motifs is 1. The summed E-state index contributed by atoms with van der Waals surface area (Å²) in [5.74, 6) is -1.43. The Kier molecular flexibility index (Phi) is 7.13. The Hall–Kier alpha value is -4.55. The zero-order valence-electron chi connectivity index (χ0n) is 23.0. The lowest BCUT2D eigenvalue weighted by Crippen LogP contribution is -2.40. The smallest absolute Gasteiger partial charge is 0.336 e. The number of quaternary nitrogens is 1. The molecule has 2 N–H and O–H groups in total. The summed E-state index contributed by atoms with van der Waals surface area (Å²) in [5, 5.41) is 12.6. The fourth-order valence-corrected chi connectivity index (χ4v) is 5.55. The minimum absolute atomic E-state index is 0.177. The first kappa shape index (κ1) is 27.0. The van der Waals surface area contributed by atoms with Crippen LogP contribution >= 0.6 is 0 Å². The predicted molar refractivity (Wildman–Crippen MR) is 157 cm³/mol. The third-order valence-electron chi connectivity index (χ3n) is 8.12. The number of nitrogens with one attached hydrogen (secondary N) is 1. The number of carboxylic acids is 1. The van der Waals surface area contributed by atoms with Crippen LogP contribution < -0.4 is 9.80 Å². The third-order valence-corrected chi connectivity index (χ3v) is 8.12. The van der Waals surface area contributed by atoms with Crippen LogP contribution in [0.1, 0.15) is 64.2 Å². The highest BCUT2D eigenvalue weighted by molar-refractivity contribution is 5.98. The van der Waals surface area contributed by atoms with Gasteiger partial charge in [0.25, 0.3) is 5.91 Å². The van der Waals surface area contributed by atoms with Gasteiger partial charge < -0.3 is 10.4 Å².